The van der Waals surface area contributed by atoms with Crippen LogP contribution in [0.15, 0.2) is 85.1 Å². The van der Waals surface area contributed by atoms with Crippen molar-refractivity contribution in [2.45, 2.75) is 341 Å². The third kappa shape index (κ3) is 68.0. The number of nitrogens with zero attached hydrogens (tertiary/aromatic N) is 1. The number of carboxylic acids is 1. The molecule has 9 nitrogen and oxygen atoms in total. The molecular weight excluding hydrogens is 1070 g/mol. The van der Waals surface area contributed by atoms with E-state index in [1.54, 1.807) is 0 Å². The number of esters is 2. The highest BCUT2D eigenvalue weighted by Gasteiger charge is 2.25. The van der Waals surface area contributed by atoms with Gasteiger partial charge in [-0.25, -0.2) is 4.79 Å². The molecule has 0 spiro atoms. The van der Waals surface area contributed by atoms with E-state index in [1.807, 2.05) is 21.1 Å². The van der Waals surface area contributed by atoms with Crippen LogP contribution < -0.4 is 0 Å². The highest BCUT2D eigenvalue weighted by molar-refractivity contribution is 5.71. The summed E-state index contributed by atoms with van der Waals surface area (Å²) in [6.45, 7) is 4.78. The lowest BCUT2D eigenvalue weighted by Crippen LogP contribution is -2.40. The average molecular weight is 1210 g/mol. The molecule has 0 amide bonds. The van der Waals surface area contributed by atoms with Crippen molar-refractivity contribution in [3.63, 3.8) is 0 Å². The van der Waals surface area contributed by atoms with Crippen LogP contribution in [0.4, 0.5) is 0 Å². The first-order valence-corrected chi connectivity index (χ1v) is 36.3. The molecule has 0 bridgehead atoms. The Morgan fingerprint density at radius 3 is 0.988 bits per heavy atom. The molecule has 0 fully saturated rings. The van der Waals surface area contributed by atoms with Gasteiger partial charge in [0.15, 0.2) is 6.10 Å². The summed E-state index contributed by atoms with van der Waals surface area (Å²) < 4.78 is 23.0. The normalized spacial score (nSPS) is 13.2. The molecule has 0 aliphatic rings. The van der Waals surface area contributed by atoms with Crippen molar-refractivity contribution >= 4 is 17.9 Å². The number of aliphatic carboxylic acids is 1. The van der Waals surface area contributed by atoms with Crippen molar-refractivity contribution in [2.75, 3.05) is 47.5 Å². The molecule has 2 unspecified atom stereocenters. The van der Waals surface area contributed by atoms with Crippen LogP contribution in [0.25, 0.3) is 0 Å². The highest BCUT2D eigenvalue weighted by Crippen LogP contribution is 2.18. The fraction of sp³-hybridized carbons (Fsp3) is 0.779. The third-order valence-corrected chi connectivity index (χ3v) is 15.9. The second-order valence-corrected chi connectivity index (χ2v) is 25.5. The van der Waals surface area contributed by atoms with Gasteiger partial charge in [-0.2, -0.15) is 0 Å². The quantitative estimate of drug-likeness (QED) is 0.0211. The Hall–Kier alpha value is -3.53. The first kappa shape index (κ1) is 82.5. The van der Waals surface area contributed by atoms with E-state index in [2.05, 4.69) is 98.9 Å². The Kier molecular flexibility index (Phi) is 64.6. The molecule has 0 aromatic heterocycles. The smallest absolute Gasteiger partial charge is 0.361 e. The van der Waals surface area contributed by atoms with Gasteiger partial charge in [-0.1, -0.05) is 330 Å². The molecule has 1 N–H and O–H groups in total. The average Bonchev–Trinajstić information content (AvgIpc) is 3.64. The van der Waals surface area contributed by atoms with E-state index in [0.29, 0.717) is 23.9 Å². The molecule has 2 atom stereocenters. The number of ether oxygens (including phenoxy) is 4. The fourth-order valence-corrected chi connectivity index (χ4v) is 10.4. The Labute approximate surface area is 531 Å². The number of allylic oxidation sites excluding steroid dienone is 14. The number of carboxylic acid groups (broad SMARTS) is 1. The number of unbranched alkanes of at least 4 members (excludes halogenated alkanes) is 38. The molecule has 0 rings (SSSR count). The molecule has 0 saturated heterocycles. The molecule has 0 aromatic rings. The lowest BCUT2D eigenvalue weighted by Gasteiger charge is -2.25. The van der Waals surface area contributed by atoms with Crippen molar-refractivity contribution in [3.05, 3.63) is 85.1 Å². The summed E-state index contributed by atoms with van der Waals surface area (Å²) in [5.74, 6) is -2.02. The number of likely N-dealkylation sites (N-methyl/N-ethyl adjacent to an activating group) is 1. The van der Waals surface area contributed by atoms with Gasteiger partial charge in [-0.05, 0) is 70.6 Å². The maximum Gasteiger partial charge on any atom is 0.361 e. The molecule has 498 valence electrons. The number of hydrogen-bond donors (Lipinski definition) is 1. The maximum atomic E-state index is 12.9. The standard InChI is InChI=1S/C77H137NO8/c1-6-8-10-12-14-16-18-20-22-24-26-28-30-32-34-35-36-37-38-39-40-42-43-45-47-49-51-53-55-57-59-61-63-65-67-74(79)84-71-73(72-85-77(76(81)82)83-70-69-78(3,4)5)86-75(80)68-66-64-62-60-58-56-54-52-50-48-46-44-41-33-31-29-27-25-23-21-19-17-15-13-11-9-7-2/h9,11,15,17,21,23,27,29,33,41,46,48,52,54,73,77H,6-8,10,12-14,16,18-20,22,24-26,28,30-32,34-40,42-45,47,49-51,53,55-72H2,1-5H3/p+1/b11-9-,17-15-,23-21-,29-27-,41-33-,48-46-,54-52-. The zero-order valence-electron chi connectivity index (χ0n) is 57.0. The first-order chi connectivity index (χ1) is 42.1. The van der Waals surface area contributed by atoms with Crippen LogP contribution in [-0.4, -0.2) is 87.4 Å². The highest BCUT2D eigenvalue weighted by atomic mass is 16.7. The van der Waals surface area contributed by atoms with E-state index < -0.39 is 24.3 Å². The Bertz CT molecular complexity index is 1690. The SMILES string of the molecule is CC/C=C\C/C=C\C/C=C\C/C=C\C/C=C\C/C=C\C/C=C\CCCCCCCC(=O)OC(COC(=O)CCCCCCCCCCCCCCCCCCCCCCCCCCCCCCCCCCCC)COC(OCC[N+](C)(C)C)C(=O)O. The molecule has 86 heavy (non-hydrogen) atoms. The summed E-state index contributed by atoms with van der Waals surface area (Å²) >= 11 is 0. The predicted octanol–water partition coefficient (Wildman–Crippen LogP) is 22.6. The lowest BCUT2D eigenvalue weighted by molar-refractivity contribution is -0.870. The van der Waals surface area contributed by atoms with E-state index in [9.17, 15) is 19.5 Å². The Balaban J connectivity index is 4.09. The van der Waals surface area contributed by atoms with Gasteiger partial charge in [0.25, 0.3) is 6.29 Å². The summed E-state index contributed by atoms with van der Waals surface area (Å²) in [7, 11) is 5.97. The van der Waals surface area contributed by atoms with Crippen molar-refractivity contribution in [2.24, 2.45) is 0 Å². The van der Waals surface area contributed by atoms with E-state index >= 15 is 0 Å². The number of carbonyl (C=O) groups excluding carboxylic acids is 2. The Morgan fingerprint density at radius 1 is 0.360 bits per heavy atom. The van der Waals surface area contributed by atoms with Crippen LogP contribution in [-0.2, 0) is 33.3 Å². The lowest BCUT2D eigenvalue weighted by atomic mass is 10.0. The van der Waals surface area contributed by atoms with Crippen LogP contribution in [0.3, 0.4) is 0 Å². The van der Waals surface area contributed by atoms with Gasteiger partial charge in [0.1, 0.15) is 13.2 Å². The van der Waals surface area contributed by atoms with Crippen LogP contribution >= 0.6 is 0 Å². The number of carbonyl (C=O) groups is 3. The first-order valence-electron chi connectivity index (χ1n) is 36.3. The zero-order valence-corrected chi connectivity index (χ0v) is 57.0. The molecule has 0 aromatic carbocycles. The number of hydrogen-bond acceptors (Lipinski definition) is 7. The van der Waals surface area contributed by atoms with Crippen LogP contribution in [0.2, 0.25) is 0 Å². The minimum Gasteiger partial charge on any atom is -0.477 e. The topological polar surface area (TPSA) is 108 Å². The van der Waals surface area contributed by atoms with Gasteiger partial charge >= 0.3 is 17.9 Å². The second kappa shape index (κ2) is 67.4. The van der Waals surface area contributed by atoms with Crippen molar-refractivity contribution < 1.29 is 42.9 Å². The van der Waals surface area contributed by atoms with Crippen molar-refractivity contribution in [1.29, 1.82) is 0 Å². The largest absolute Gasteiger partial charge is 0.477 e. The second-order valence-electron chi connectivity index (χ2n) is 25.5. The zero-order chi connectivity index (χ0) is 62.6. The van der Waals surface area contributed by atoms with Gasteiger partial charge in [-0.3, -0.25) is 9.59 Å². The summed E-state index contributed by atoms with van der Waals surface area (Å²) in [4.78, 5) is 37.6. The van der Waals surface area contributed by atoms with Gasteiger partial charge in [0.05, 0.1) is 34.4 Å². The van der Waals surface area contributed by atoms with E-state index in [-0.39, 0.29) is 32.2 Å². The maximum absolute atomic E-state index is 12.9. The predicted molar refractivity (Wildman–Crippen MR) is 369 cm³/mol. The summed E-state index contributed by atoms with van der Waals surface area (Å²) in [6, 6.07) is 0. The minimum absolute atomic E-state index is 0.181. The van der Waals surface area contributed by atoms with Crippen molar-refractivity contribution in [3.8, 4) is 0 Å². The monoisotopic (exact) mass is 1210 g/mol. The van der Waals surface area contributed by atoms with Gasteiger partial charge < -0.3 is 28.5 Å². The molecule has 0 aliphatic heterocycles. The molecule has 0 saturated carbocycles. The third-order valence-electron chi connectivity index (χ3n) is 15.9. The molecule has 0 radical (unpaired) electrons. The Morgan fingerprint density at radius 2 is 0.663 bits per heavy atom. The minimum atomic E-state index is -1.52. The summed E-state index contributed by atoms with van der Waals surface area (Å²) in [6.07, 6.45) is 88.6. The van der Waals surface area contributed by atoms with E-state index in [0.717, 1.165) is 96.3 Å². The van der Waals surface area contributed by atoms with Crippen LogP contribution in [0.1, 0.15) is 328 Å². The molecule has 0 aliphatic carbocycles. The van der Waals surface area contributed by atoms with E-state index in [4.69, 9.17) is 18.9 Å². The van der Waals surface area contributed by atoms with Crippen LogP contribution in [0.5, 0.6) is 0 Å². The summed E-state index contributed by atoms with van der Waals surface area (Å²) in [5, 5.41) is 9.75. The molecular formula is C77H138NO8+. The summed E-state index contributed by atoms with van der Waals surface area (Å²) in [5.41, 5.74) is 0. The van der Waals surface area contributed by atoms with Gasteiger partial charge in [0.2, 0.25) is 0 Å². The molecule has 0 heterocycles. The van der Waals surface area contributed by atoms with Crippen LogP contribution in [0, 0.1) is 0 Å². The number of quaternary nitrogens is 1. The van der Waals surface area contributed by atoms with Gasteiger partial charge in [-0.15, -0.1) is 0 Å². The van der Waals surface area contributed by atoms with E-state index in [1.165, 1.54) is 199 Å². The fourth-order valence-electron chi connectivity index (χ4n) is 10.4. The van der Waals surface area contributed by atoms with Gasteiger partial charge in [0, 0.05) is 12.8 Å². The molecule has 9 heteroatoms. The number of rotatable bonds is 67. The van der Waals surface area contributed by atoms with Crippen molar-refractivity contribution in [1.82, 2.24) is 0 Å².